The van der Waals surface area contributed by atoms with Crippen molar-refractivity contribution in [3.8, 4) is 0 Å². The van der Waals surface area contributed by atoms with Crippen molar-refractivity contribution in [2.45, 2.75) is 64.1 Å². The molecule has 1 N–H and O–H groups in total. The molecule has 2 fully saturated rings. The van der Waals surface area contributed by atoms with Gasteiger partial charge in [0.1, 0.15) is 0 Å². The van der Waals surface area contributed by atoms with Crippen molar-refractivity contribution in [3.05, 3.63) is 35.9 Å². The van der Waals surface area contributed by atoms with Crippen molar-refractivity contribution in [2.75, 3.05) is 26.2 Å². The lowest BCUT2D eigenvalue weighted by molar-refractivity contribution is -0.125. The van der Waals surface area contributed by atoms with Crippen molar-refractivity contribution in [1.29, 1.82) is 0 Å². The molecular weight excluding hydrogens is 324 g/mol. The van der Waals surface area contributed by atoms with Gasteiger partial charge in [0.25, 0.3) is 0 Å². The van der Waals surface area contributed by atoms with Gasteiger partial charge in [0.2, 0.25) is 5.91 Å². The summed E-state index contributed by atoms with van der Waals surface area (Å²) in [5.74, 6) is 0.730. The van der Waals surface area contributed by atoms with Crippen LogP contribution in [0.25, 0.3) is 0 Å². The summed E-state index contributed by atoms with van der Waals surface area (Å²) in [5, 5.41) is 3.02. The topological polar surface area (TPSA) is 41.6 Å². The average Bonchev–Trinajstić information content (AvgIpc) is 3.05. The van der Waals surface area contributed by atoms with Crippen LogP contribution in [0, 0.1) is 5.92 Å². The molecule has 0 saturated carbocycles. The molecule has 4 heteroatoms. The van der Waals surface area contributed by atoms with E-state index in [0.29, 0.717) is 12.5 Å². The third kappa shape index (κ3) is 4.86. The molecule has 2 aliphatic rings. The summed E-state index contributed by atoms with van der Waals surface area (Å²) in [6, 6.07) is 10.8. The Morgan fingerprint density at radius 2 is 1.88 bits per heavy atom. The summed E-state index contributed by atoms with van der Waals surface area (Å²) < 4.78 is 6.42. The van der Waals surface area contributed by atoms with Crippen LogP contribution in [0.2, 0.25) is 0 Å². The Morgan fingerprint density at radius 3 is 2.54 bits per heavy atom. The predicted molar refractivity (Wildman–Crippen MR) is 105 cm³/mol. The molecule has 2 unspecified atom stereocenters. The van der Waals surface area contributed by atoms with Crippen LogP contribution in [0.15, 0.2) is 30.3 Å². The van der Waals surface area contributed by atoms with Crippen LogP contribution in [-0.4, -0.2) is 48.7 Å². The van der Waals surface area contributed by atoms with Gasteiger partial charge < -0.3 is 15.0 Å². The van der Waals surface area contributed by atoms with Crippen LogP contribution in [0.3, 0.4) is 0 Å². The number of likely N-dealkylation sites (tertiary alicyclic amines) is 1. The maximum atomic E-state index is 11.8. The van der Waals surface area contributed by atoms with E-state index in [2.05, 4.69) is 47.5 Å². The Balaban J connectivity index is 1.43. The van der Waals surface area contributed by atoms with Crippen LogP contribution < -0.4 is 5.32 Å². The number of piperidine rings is 1. The van der Waals surface area contributed by atoms with Crippen LogP contribution in [0.4, 0.5) is 0 Å². The minimum atomic E-state index is 0.0419. The molecule has 2 aliphatic heterocycles. The van der Waals surface area contributed by atoms with Crippen LogP contribution in [0.5, 0.6) is 0 Å². The van der Waals surface area contributed by atoms with Crippen molar-refractivity contribution < 1.29 is 9.53 Å². The number of hydrogen-bond donors (Lipinski definition) is 1. The molecule has 4 nitrogen and oxygen atoms in total. The normalized spacial score (nSPS) is 24.1. The van der Waals surface area contributed by atoms with Crippen molar-refractivity contribution in [3.63, 3.8) is 0 Å². The fraction of sp³-hybridized carbons (Fsp3) is 0.682. The number of carbonyl (C=O) groups excluding carboxylic acids is 1. The molecule has 1 spiro atoms. The number of amides is 1. The van der Waals surface area contributed by atoms with E-state index in [9.17, 15) is 4.79 Å². The molecule has 144 valence electrons. The third-order valence-corrected chi connectivity index (χ3v) is 6.03. The third-order valence-electron chi connectivity index (χ3n) is 6.03. The van der Waals surface area contributed by atoms with Gasteiger partial charge >= 0.3 is 0 Å². The molecule has 0 radical (unpaired) electrons. The van der Waals surface area contributed by atoms with E-state index in [0.717, 1.165) is 45.3 Å². The molecule has 2 heterocycles. The molecule has 2 saturated heterocycles. The summed E-state index contributed by atoms with van der Waals surface area (Å²) in [6.07, 6.45) is 4.62. The number of ether oxygens (including phenoxy) is 1. The quantitative estimate of drug-likeness (QED) is 0.845. The fourth-order valence-corrected chi connectivity index (χ4v) is 4.24. The Morgan fingerprint density at radius 1 is 1.19 bits per heavy atom. The largest absolute Gasteiger partial charge is 0.370 e. The lowest BCUT2D eigenvalue weighted by atomic mass is 9.88. The standard InChI is InChI=1S/C22H34N2O2/c1-17(2)21(25)23-15-20-9-10-22(26-20)11-13-24(14-12-22)16-18(3)19-7-5-4-6-8-19/h4-8,17-18,20H,9-16H2,1-3H3,(H,23,25). The minimum absolute atomic E-state index is 0.0419. The zero-order valence-corrected chi connectivity index (χ0v) is 16.5. The van der Waals surface area contributed by atoms with Gasteiger partial charge in [-0.1, -0.05) is 51.1 Å². The highest BCUT2D eigenvalue weighted by Crippen LogP contribution is 2.39. The predicted octanol–water partition coefficient (Wildman–Crippen LogP) is 3.58. The maximum Gasteiger partial charge on any atom is 0.222 e. The zero-order chi connectivity index (χ0) is 18.6. The molecule has 0 aromatic heterocycles. The van der Waals surface area contributed by atoms with E-state index >= 15 is 0 Å². The van der Waals surface area contributed by atoms with Crippen molar-refractivity contribution >= 4 is 5.91 Å². The van der Waals surface area contributed by atoms with E-state index < -0.39 is 0 Å². The van der Waals surface area contributed by atoms with E-state index in [4.69, 9.17) is 4.74 Å². The molecule has 26 heavy (non-hydrogen) atoms. The van der Waals surface area contributed by atoms with Gasteiger partial charge in [0.15, 0.2) is 0 Å². The summed E-state index contributed by atoms with van der Waals surface area (Å²) in [5.41, 5.74) is 1.48. The fourth-order valence-electron chi connectivity index (χ4n) is 4.24. The van der Waals surface area contributed by atoms with Crippen molar-refractivity contribution in [2.24, 2.45) is 5.92 Å². The highest BCUT2D eigenvalue weighted by atomic mass is 16.5. The molecule has 2 atom stereocenters. The number of nitrogens with one attached hydrogen (secondary N) is 1. The van der Waals surface area contributed by atoms with Gasteiger partial charge in [0, 0.05) is 32.1 Å². The second-order valence-electron chi connectivity index (χ2n) is 8.47. The van der Waals surface area contributed by atoms with Gasteiger partial charge in [-0.3, -0.25) is 4.79 Å². The number of benzene rings is 1. The Bertz CT molecular complexity index is 579. The molecule has 0 aliphatic carbocycles. The van der Waals surface area contributed by atoms with E-state index in [1.807, 2.05) is 13.8 Å². The summed E-state index contributed by atoms with van der Waals surface area (Å²) in [7, 11) is 0. The van der Waals surface area contributed by atoms with Gasteiger partial charge in [-0.15, -0.1) is 0 Å². The molecule has 1 aromatic carbocycles. The molecule has 3 rings (SSSR count). The zero-order valence-electron chi connectivity index (χ0n) is 16.5. The van der Waals surface area contributed by atoms with Crippen LogP contribution in [0.1, 0.15) is 57.9 Å². The first-order valence-electron chi connectivity index (χ1n) is 10.2. The SMILES string of the molecule is CC(C)C(=O)NCC1CCC2(CCN(CC(C)c3ccccc3)CC2)O1. The highest BCUT2D eigenvalue weighted by molar-refractivity contribution is 5.77. The minimum Gasteiger partial charge on any atom is -0.370 e. The molecular formula is C22H34N2O2. The number of carbonyl (C=O) groups is 1. The second kappa shape index (κ2) is 8.53. The average molecular weight is 359 g/mol. The Labute approximate surface area is 158 Å². The van der Waals surface area contributed by atoms with E-state index in [1.165, 1.54) is 5.56 Å². The summed E-state index contributed by atoms with van der Waals surface area (Å²) in [6.45, 7) is 10.2. The number of hydrogen-bond acceptors (Lipinski definition) is 3. The Hall–Kier alpha value is -1.39. The Kier molecular flexibility index (Phi) is 6.36. The van der Waals surface area contributed by atoms with E-state index in [-0.39, 0.29) is 23.5 Å². The summed E-state index contributed by atoms with van der Waals surface area (Å²) >= 11 is 0. The summed E-state index contributed by atoms with van der Waals surface area (Å²) in [4.78, 5) is 14.3. The van der Waals surface area contributed by atoms with Gasteiger partial charge in [-0.25, -0.2) is 0 Å². The smallest absolute Gasteiger partial charge is 0.222 e. The first-order chi connectivity index (χ1) is 12.5. The maximum absolute atomic E-state index is 11.8. The number of rotatable bonds is 6. The van der Waals surface area contributed by atoms with Gasteiger partial charge in [-0.2, -0.15) is 0 Å². The molecule has 1 aromatic rings. The van der Waals surface area contributed by atoms with Crippen molar-refractivity contribution in [1.82, 2.24) is 10.2 Å². The first kappa shape index (κ1) is 19.4. The van der Waals surface area contributed by atoms with Gasteiger partial charge in [-0.05, 0) is 37.2 Å². The van der Waals surface area contributed by atoms with Crippen LogP contribution >= 0.6 is 0 Å². The lowest BCUT2D eigenvalue weighted by Crippen LogP contribution is -2.46. The highest BCUT2D eigenvalue weighted by Gasteiger charge is 2.42. The molecule has 0 bridgehead atoms. The molecule has 1 amide bonds. The second-order valence-corrected chi connectivity index (χ2v) is 8.47. The number of nitrogens with zero attached hydrogens (tertiary/aromatic N) is 1. The first-order valence-corrected chi connectivity index (χ1v) is 10.2. The van der Waals surface area contributed by atoms with E-state index in [1.54, 1.807) is 0 Å². The lowest BCUT2D eigenvalue weighted by Gasteiger charge is -2.40. The van der Waals surface area contributed by atoms with Crippen LogP contribution in [-0.2, 0) is 9.53 Å². The van der Waals surface area contributed by atoms with Gasteiger partial charge in [0.05, 0.1) is 11.7 Å². The monoisotopic (exact) mass is 358 g/mol.